The second-order valence-electron chi connectivity index (χ2n) is 1.50. The number of rotatable bonds is 0. The van der Waals surface area contributed by atoms with Gasteiger partial charge in [0.2, 0.25) is 0 Å². The summed E-state index contributed by atoms with van der Waals surface area (Å²) in [4.78, 5) is 0. The summed E-state index contributed by atoms with van der Waals surface area (Å²) in [5.41, 5.74) is 0. The molecule has 0 amide bonds. The zero-order valence-electron chi connectivity index (χ0n) is 4.99. The maximum Gasteiger partial charge on any atom is 0.106 e. The molecule has 2 heteroatoms. The Morgan fingerprint density at radius 1 is 1.22 bits per heavy atom. The molecule has 1 rings (SSSR count). The fourth-order valence-corrected chi connectivity index (χ4v) is 0.905. The predicted octanol–water partition coefficient (Wildman–Crippen LogP) is 2.29. The minimum Gasteiger partial charge on any atom is -0.497 e. The third kappa shape index (κ3) is 3.03. The van der Waals surface area contributed by atoms with Crippen molar-refractivity contribution in [2.75, 3.05) is 6.61 Å². The lowest BCUT2D eigenvalue weighted by Crippen LogP contribution is -1.77. The minimum atomic E-state index is 0.672. The molecule has 0 fully saturated rings. The lowest BCUT2D eigenvalue weighted by Gasteiger charge is -1.89. The molecule has 0 radical (unpaired) electrons. The summed E-state index contributed by atoms with van der Waals surface area (Å²) in [7, 11) is 0. The van der Waals surface area contributed by atoms with E-state index >= 15 is 0 Å². The van der Waals surface area contributed by atoms with Crippen molar-refractivity contribution in [3.63, 3.8) is 0 Å². The molecule has 0 saturated carbocycles. The highest BCUT2D eigenvalue weighted by Crippen LogP contribution is 2.04. The molecule has 0 aromatic heterocycles. The summed E-state index contributed by atoms with van der Waals surface area (Å²) in [5, 5.41) is 4.01. The maximum atomic E-state index is 5.02. The molecular formula is C7H8OS. The highest BCUT2D eigenvalue weighted by atomic mass is 32.2. The molecule has 0 aliphatic carbocycles. The Labute approximate surface area is 59.1 Å². The van der Waals surface area contributed by atoms with Gasteiger partial charge in [-0.1, -0.05) is 6.08 Å². The van der Waals surface area contributed by atoms with E-state index in [0.29, 0.717) is 6.61 Å². The van der Waals surface area contributed by atoms with Crippen molar-refractivity contribution in [3.05, 3.63) is 35.3 Å². The highest BCUT2D eigenvalue weighted by molar-refractivity contribution is 8.04. The largest absolute Gasteiger partial charge is 0.497 e. The molecule has 48 valence electrons. The van der Waals surface area contributed by atoms with Gasteiger partial charge in [0.05, 0.1) is 6.26 Å². The van der Waals surface area contributed by atoms with Crippen molar-refractivity contribution in [1.82, 2.24) is 0 Å². The maximum absolute atomic E-state index is 5.02. The van der Waals surface area contributed by atoms with Crippen LogP contribution >= 0.6 is 11.8 Å². The summed E-state index contributed by atoms with van der Waals surface area (Å²) < 4.78 is 5.02. The third-order valence-corrected chi connectivity index (χ3v) is 1.47. The molecule has 1 heterocycles. The summed E-state index contributed by atoms with van der Waals surface area (Å²) in [6.45, 7) is 0.672. The van der Waals surface area contributed by atoms with Gasteiger partial charge in [-0.2, -0.15) is 0 Å². The topological polar surface area (TPSA) is 9.23 Å². The molecule has 0 saturated heterocycles. The fraction of sp³-hybridized carbons (Fsp3) is 0.143. The van der Waals surface area contributed by atoms with Gasteiger partial charge in [0.15, 0.2) is 0 Å². The normalized spacial score (nSPS) is 28.4. The van der Waals surface area contributed by atoms with Gasteiger partial charge in [0, 0.05) is 0 Å². The first-order valence-electron chi connectivity index (χ1n) is 2.74. The summed E-state index contributed by atoms with van der Waals surface area (Å²) in [6.07, 6.45) is 7.48. The van der Waals surface area contributed by atoms with Gasteiger partial charge in [-0.3, -0.25) is 0 Å². The molecule has 1 aliphatic heterocycles. The van der Waals surface area contributed by atoms with Crippen LogP contribution in [0.2, 0.25) is 0 Å². The smallest absolute Gasteiger partial charge is 0.106 e. The van der Waals surface area contributed by atoms with E-state index in [1.54, 1.807) is 18.0 Å². The van der Waals surface area contributed by atoms with Crippen LogP contribution in [0.3, 0.4) is 0 Å². The minimum absolute atomic E-state index is 0.672. The second-order valence-corrected chi connectivity index (χ2v) is 2.31. The first kappa shape index (κ1) is 6.49. The highest BCUT2D eigenvalue weighted by Gasteiger charge is 1.76. The van der Waals surface area contributed by atoms with E-state index in [4.69, 9.17) is 4.74 Å². The number of hydrogen-bond acceptors (Lipinski definition) is 2. The lowest BCUT2D eigenvalue weighted by molar-refractivity contribution is 0.290. The van der Waals surface area contributed by atoms with Crippen molar-refractivity contribution in [3.8, 4) is 0 Å². The van der Waals surface area contributed by atoms with Crippen molar-refractivity contribution in [1.29, 1.82) is 0 Å². The van der Waals surface area contributed by atoms with Gasteiger partial charge in [-0.05, 0) is 23.0 Å². The van der Waals surface area contributed by atoms with Gasteiger partial charge >= 0.3 is 0 Å². The number of ether oxygens (including phenoxy) is 1. The van der Waals surface area contributed by atoms with Crippen LogP contribution in [0.15, 0.2) is 35.3 Å². The van der Waals surface area contributed by atoms with Gasteiger partial charge in [0.1, 0.15) is 6.61 Å². The quantitative estimate of drug-likeness (QED) is 0.510. The van der Waals surface area contributed by atoms with Crippen molar-refractivity contribution in [2.24, 2.45) is 0 Å². The monoisotopic (exact) mass is 140 g/mol. The lowest BCUT2D eigenvalue weighted by atomic mass is 10.6. The fourth-order valence-electron chi connectivity index (χ4n) is 0.443. The number of allylic oxidation sites excluding steroid dienone is 2. The Bertz CT molecular complexity index is 147. The molecular weight excluding hydrogens is 132 g/mol. The van der Waals surface area contributed by atoms with E-state index in [9.17, 15) is 0 Å². The SMILES string of the molecule is C1=C\OC/C=C\S\C=C/1. The Morgan fingerprint density at radius 3 is 3.22 bits per heavy atom. The van der Waals surface area contributed by atoms with E-state index in [1.807, 2.05) is 29.0 Å². The van der Waals surface area contributed by atoms with Crippen LogP contribution in [-0.2, 0) is 4.74 Å². The second kappa shape index (κ2) is 4.27. The van der Waals surface area contributed by atoms with Crippen LogP contribution in [0.4, 0.5) is 0 Å². The summed E-state index contributed by atoms with van der Waals surface area (Å²) >= 11 is 1.65. The molecule has 1 aliphatic rings. The first-order valence-corrected chi connectivity index (χ1v) is 3.68. The first-order chi connectivity index (χ1) is 4.50. The van der Waals surface area contributed by atoms with Gasteiger partial charge in [-0.15, -0.1) is 11.8 Å². The molecule has 0 atom stereocenters. The zero-order chi connectivity index (χ0) is 6.36. The van der Waals surface area contributed by atoms with E-state index in [1.165, 1.54) is 0 Å². The Balaban J connectivity index is 2.43. The Hall–Kier alpha value is -0.630. The molecule has 0 N–H and O–H groups in total. The van der Waals surface area contributed by atoms with Crippen molar-refractivity contribution in [2.45, 2.75) is 0 Å². The van der Waals surface area contributed by atoms with E-state index < -0.39 is 0 Å². The van der Waals surface area contributed by atoms with Crippen LogP contribution in [0, 0.1) is 0 Å². The van der Waals surface area contributed by atoms with Gasteiger partial charge in [-0.25, -0.2) is 0 Å². The van der Waals surface area contributed by atoms with Gasteiger partial charge < -0.3 is 4.74 Å². The molecule has 0 unspecified atom stereocenters. The molecule has 0 aromatic rings. The molecule has 1 nitrogen and oxygen atoms in total. The van der Waals surface area contributed by atoms with Crippen LogP contribution in [0.1, 0.15) is 0 Å². The van der Waals surface area contributed by atoms with E-state index in [2.05, 4.69) is 0 Å². The standard InChI is InChI=1S/C7H8OS/c1-2-6-9-7-3-5-8-4-1/h1-4,6-7H,5H2/b4-1-,6-2-,7-3-. The Kier molecular flexibility index (Phi) is 3.08. The van der Waals surface area contributed by atoms with Crippen LogP contribution < -0.4 is 0 Å². The molecule has 9 heavy (non-hydrogen) atoms. The van der Waals surface area contributed by atoms with Crippen LogP contribution in [-0.4, -0.2) is 6.61 Å². The number of hydrogen-bond donors (Lipinski definition) is 0. The van der Waals surface area contributed by atoms with Crippen LogP contribution in [0.5, 0.6) is 0 Å². The third-order valence-electron chi connectivity index (χ3n) is 0.810. The molecule has 0 bridgehead atoms. The predicted molar refractivity (Wildman–Crippen MR) is 41.0 cm³/mol. The average Bonchev–Trinajstić information content (AvgIpc) is 2.00. The van der Waals surface area contributed by atoms with Crippen molar-refractivity contribution < 1.29 is 4.74 Å². The molecule has 0 spiro atoms. The van der Waals surface area contributed by atoms with E-state index in [0.717, 1.165) is 0 Å². The molecule has 0 aromatic carbocycles. The average molecular weight is 140 g/mol. The van der Waals surface area contributed by atoms with Crippen molar-refractivity contribution >= 4 is 11.8 Å². The number of thioether (sulfide) groups is 1. The zero-order valence-corrected chi connectivity index (χ0v) is 5.80. The Morgan fingerprint density at radius 2 is 2.22 bits per heavy atom. The van der Waals surface area contributed by atoms with Crippen LogP contribution in [0.25, 0.3) is 0 Å². The summed E-state index contributed by atoms with van der Waals surface area (Å²) in [5.74, 6) is 0. The van der Waals surface area contributed by atoms with E-state index in [-0.39, 0.29) is 0 Å². The van der Waals surface area contributed by atoms with Gasteiger partial charge in [0.25, 0.3) is 0 Å². The summed E-state index contributed by atoms with van der Waals surface area (Å²) in [6, 6.07) is 0.